The van der Waals surface area contributed by atoms with E-state index in [2.05, 4.69) is 40.7 Å². The van der Waals surface area contributed by atoms with Crippen molar-refractivity contribution in [2.45, 2.75) is 241 Å². The molecule has 4 saturated carbocycles. The third-order valence-electron chi connectivity index (χ3n) is 20.7. The number of aliphatic carboxylic acids is 1. The van der Waals surface area contributed by atoms with Gasteiger partial charge in [0.1, 0.15) is 97.3 Å². The highest BCUT2D eigenvalue weighted by atomic mass is 16.8. The van der Waals surface area contributed by atoms with Gasteiger partial charge in [0, 0.05) is 11.8 Å². The number of Topliss-reactive ketones (excluding diaryl/α,β-unsaturated/α-hetero) is 1. The van der Waals surface area contributed by atoms with Gasteiger partial charge < -0.3 is 109 Å². The van der Waals surface area contributed by atoms with E-state index in [0.717, 1.165) is 12.0 Å². The number of carbonyl (C=O) groups is 2. The van der Waals surface area contributed by atoms with E-state index in [0.29, 0.717) is 51.4 Å². The standard InChI is InChI=1S/C53H84O24/c1-48(2)13-10-21-22(57)16-52(7)28(53(21,69)20-48)9-8-27-50(5)14-12-29(49(3,4)26(50)11-15-51(27,52)6)73-47-42(77-45-37(65)34(62)31(59)24(18-55)71-45)39(38(66)40(75-47)43(67)68)74-46-41(35(63)32(60)25(19-56)72-46)76-44-36(64)33(61)30(58)23(17-54)70-44/h9,21,23-27,29-42,44-47,54-56,58-66,69H,8,10-20H2,1-7H3,(H,67,68). The van der Waals surface area contributed by atoms with Crippen LogP contribution in [0.25, 0.3) is 0 Å². The van der Waals surface area contributed by atoms with Gasteiger partial charge in [0.2, 0.25) is 0 Å². The Kier molecular flexibility index (Phi) is 16.5. The SMILES string of the molecule is CC1(C)CCC2C(=O)CC3(C)C(=CCC4C5(C)CCC(OC6OC(C(=O)O)C(O)C(OC7OC(CO)C(O)C(O)C7OC7OC(CO)C(O)C(O)C7O)C6OC6OC(CO)C(O)C(O)C6O)C(C)(C)C5CCC43C)C2(O)C1. The first-order valence-electron chi connectivity index (χ1n) is 27.3. The molecule has 0 radical (unpaired) electrons. The lowest BCUT2D eigenvalue weighted by Crippen LogP contribution is -2.69. The lowest BCUT2D eigenvalue weighted by atomic mass is 9.34. The Bertz CT molecular complexity index is 2180. The molecule has 8 fully saturated rings. The molecule has 24 heteroatoms. The van der Waals surface area contributed by atoms with Gasteiger partial charge in [0.15, 0.2) is 31.3 Å². The molecule has 24 nitrogen and oxygen atoms in total. The molecule has 9 rings (SSSR count). The quantitative estimate of drug-likeness (QED) is 0.0707. The largest absolute Gasteiger partial charge is 0.479 e. The lowest BCUT2D eigenvalue weighted by Gasteiger charge is -2.71. The van der Waals surface area contributed by atoms with Crippen LogP contribution in [0.15, 0.2) is 11.6 Å². The highest BCUT2D eigenvalue weighted by Crippen LogP contribution is 2.75. The van der Waals surface area contributed by atoms with Crippen LogP contribution in [0, 0.1) is 44.8 Å². The zero-order valence-electron chi connectivity index (χ0n) is 44.8. The number of fused-ring (bicyclic) bond motifs is 7. The number of ketones is 1. The number of ether oxygens (including phenoxy) is 8. The van der Waals surface area contributed by atoms with Crippen LogP contribution in [-0.4, -0.2) is 238 Å². The highest BCUT2D eigenvalue weighted by molar-refractivity contribution is 5.86. The molecule has 0 bridgehead atoms. The molecule has 0 amide bonds. The van der Waals surface area contributed by atoms with Crippen LogP contribution in [-0.2, 0) is 47.5 Å². The molecule has 0 spiro atoms. The number of hydrogen-bond donors (Lipinski definition) is 14. The van der Waals surface area contributed by atoms with Gasteiger partial charge in [0.05, 0.1) is 37.4 Å². The Morgan fingerprint density at radius 1 is 0.584 bits per heavy atom. The van der Waals surface area contributed by atoms with E-state index in [9.17, 15) is 81.1 Å². The average molecular weight is 1110 g/mol. The second-order valence-electron chi connectivity index (χ2n) is 25.9. The third-order valence-corrected chi connectivity index (χ3v) is 20.7. The van der Waals surface area contributed by atoms with E-state index in [-0.39, 0.29) is 28.4 Å². The van der Waals surface area contributed by atoms with E-state index in [4.69, 9.17) is 37.9 Å². The van der Waals surface area contributed by atoms with Crippen LogP contribution in [0.3, 0.4) is 0 Å². The van der Waals surface area contributed by atoms with E-state index in [1.54, 1.807) is 0 Å². The molecule has 77 heavy (non-hydrogen) atoms. The third kappa shape index (κ3) is 9.70. The fourth-order valence-electron chi connectivity index (χ4n) is 16.3. The maximum Gasteiger partial charge on any atom is 0.335 e. The Balaban J connectivity index is 1.05. The first-order valence-corrected chi connectivity index (χ1v) is 27.3. The van der Waals surface area contributed by atoms with Crippen LogP contribution in [0.5, 0.6) is 0 Å². The number of aliphatic hydroxyl groups excluding tert-OH is 12. The van der Waals surface area contributed by atoms with Gasteiger partial charge in [-0.1, -0.05) is 54.5 Å². The summed E-state index contributed by atoms with van der Waals surface area (Å²) in [4.78, 5) is 27.4. The molecular formula is C53H84O24. The van der Waals surface area contributed by atoms with Crippen LogP contribution in [0.4, 0.5) is 0 Å². The predicted molar refractivity (Wildman–Crippen MR) is 259 cm³/mol. The molecule has 0 aromatic rings. The van der Waals surface area contributed by atoms with Crippen LogP contribution in [0.1, 0.15) is 106 Å². The number of carbonyl (C=O) groups excluding carboxylic acids is 1. The molecule has 28 unspecified atom stereocenters. The summed E-state index contributed by atoms with van der Waals surface area (Å²) >= 11 is 0. The second kappa shape index (κ2) is 21.3. The molecule has 4 heterocycles. The number of allylic oxidation sites excluding steroid dienone is 1. The van der Waals surface area contributed by atoms with Crippen molar-refractivity contribution in [2.75, 3.05) is 19.8 Å². The second-order valence-corrected chi connectivity index (χ2v) is 25.9. The topological polar surface area (TPSA) is 391 Å². The van der Waals surface area contributed by atoms with Gasteiger partial charge in [-0.25, -0.2) is 4.79 Å². The molecule has 14 N–H and O–H groups in total. The molecule has 28 atom stereocenters. The molecule has 4 saturated heterocycles. The summed E-state index contributed by atoms with van der Waals surface area (Å²) in [6.45, 7) is 12.4. The smallest absolute Gasteiger partial charge is 0.335 e. The maximum absolute atomic E-state index is 14.3. The van der Waals surface area contributed by atoms with Gasteiger partial charge in [-0.3, -0.25) is 4.79 Å². The number of hydrogen-bond acceptors (Lipinski definition) is 23. The van der Waals surface area contributed by atoms with Crippen molar-refractivity contribution >= 4 is 11.8 Å². The van der Waals surface area contributed by atoms with Crippen molar-refractivity contribution in [1.29, 1.82) is 0 Å². The minimum atomic E-state index is -2.28. The number of carboxylic acid groups (broad SMARTS) is 1. The number of rotatable bonds is 12. The Hall–Kier alpha value is -1.96. The normalized spacial score (nSPS) is 53.5. The average Bonchev–Trinajstić information content (AvgIpc) is 3.53. The minimum Gasteiger partial charge on any atom is -0.479 e. The monoisotopic (exact) mass is 1100 g/mol. The molecule has 440 valence electrons. The van der Waals surface area contributed by atoms with E-state index >= 15 is 0 Å². The fourth-order valence-corrected chi connectivity index (χ4v) is 16.3. The molecule has 0 aromatic carbocycles. The van der Waals surface area contributed by atoms with Gasteiger partial charge in [-0.2, -0.15) is 0 Å². The molecule has 4 aliphatic heterocycles. The van der Waals surface area contributed by atoms with Crippen molar-refractivity contribution in [2.24, 2.45) is 44.8 Å². The summed E-state index contributed by atoms with van der Waals surface area (Å²) in [5.74, 6) is -2.09. The van der Waals surface area contributed by atoms with Crippen molar-refractivity contribution in [1.82, 2.24) is 0 Å². The van der Waals surface area contributed by atoms with Crippen LogP contribution >= 0.6 is 0 Å². The summed E-state index contributed by atoms with van der Waals surface area (Å²) in [6, 6.07) is 0. The summed E-state index contributed by atoms with van der Waals surface area (Å²) in [5, 5.41) is 153. The first kappa shape index (κ1) is 59.7. The Morgan fingerprint density at radius 2 is 1.10 bits per heavy atom. The fraction of sp³-hybridized carbons (Fsp3) is 0.925. The van der Waals surface area contributed by atoms with Gasteiger partial charge >= 0.3 is 5.97 Å². The Labute approximate surface area is 446 Å². The number of aliphatic hydroxyl groups is 13. The van der Waals surface area contributed by atoms with Crippen molar-refractivity contribution < 1.29 is 119 Å². The summed E-state index contributed by atoms with van der Waals surface area (Å²) in [6.07, 6.45) is -32.2. The summed E-state index contributed by atoms with van der Waals surface area (Å²) in [7, 11) is 0. The minimum absolute atomic E-state index is 0.0510. The summed E-state index contributed by atoms with van der Waals surface area (Å²) in [5.41, 5.74) is -2.58. The zero-order chi connectivity index (χ0) is 56.4. The van der Waals surface area contributed by atoms with E-state index < -0.39 is 182 Å². The van der Waals surface area contributed by atoms with Crippen LogP contribution in [0.2, 0.25) is 0 Å². The van der Waals surface area contributed by atoms with Crippen molar-refractivity contribution in [3.63, 3.8) is 0 Å². The van der Waals surface area contributed by atoms with Crippen molar-refractivity contribution in [3.05, 3.63) is 11.6 Å². The molecular weight excluding hydrogens is 1020 g/mol. The van der Waals surface area contributed by atoms with E-state index in [1.165, 1.54) is 0 Å². The van der Waals surface area contributed by atoms with E-state index in [1.807, 2.05) is 13.8 Å². The zero-order valence-corrected chi connectivity index (χ0v) is 44.8. The summed E-state index contributed by atoms with van der Waals surface area (Å²) < 4.78 is 48.7. The first-order chi connectivity index (χ1) is 35.9. The lowest BCUT2D eigenvalue weighted by molar-refractivity contribution is -0.407. The van der Waals surface area contributed by atoms with Crippen LogP contribution < -0.4 is 0 Å². The Morgan fingerprint density at radius 3 is 1.66 bits per heavy atom. The van der Waals surface area contributed by atoms with Gasteiger partial charge in [0.25, 0.3) is 0 Å². The highest BCUT2D eigenvalue weighted by Gasteiger charge is 2.71. The predicted octanol–water partition coefficient (Wildman–Crippen LogP) is -2.54. The number of carboxylic acids is 1. The molecule has 0 aromatic heterocycles. The van der Waals surface area contributed by atoms with Crippen molar-refractivity contribution in [3.8, 4) is 0 Å². The van der Waals surface area contributed by atoms with Gasteiger partial charge in [-0.15, -0.1) is 0 Å². The maximum atomic E-state index is 14.3. The molecule has 5 aliphatic carbocycles. The molecule has 9 aliphatic rings. The van der Waals surface area contributed by atoms with Gasteiger partial charge in [-0.05, 0) is 90.4 Å².